The third-order valence-electron chi connectivity index (χ3n) is 1.35. The van der Waals surface area contributed by atoms with E-state index in [0.29, 0.717) is 6.42 Å². The summed E-state index contributed by atoms with van der Waals surface area (Å²) in [6.45, 7) is 5.94. The zero-order valence-corrected chi connectivity index (χ0v) is 8.18. The molecule has 12 heavy (non-hydrogen) atoms. The Morgan fingerprint density at radius 1 is 1.25 bits per heavy atom. The topological polar surface area (TPSA) is 26.3 Å². The first kappa shape index (κ1) is 11.0. The molecular formula is C10H16O2. The van der Waals surface area contributed by atoms with Crippen molar-refractivity contribution in [3.8, 4) is 0 Å². The van der Waals surface area contributed by atoms with Gasteiger partial charge in [-0.1, -0.05) is 23.3 Å². The molecule has 0 aliphatic heterocycles. The molecular weight excluding hydrogens is 152 g/mol. The minimum Gasteiger partial charge on any atom is -0.469 e. The summed E-state index contributed by atoms with van der Waals surface area (Å²) in [5, 5.41) is 0. The van der Waals surface area contributed by atoms with Gasteiger partial charge in [0, 0.05) is 0 Å². The number of methoxy groups -OCH3 is 1. The molecule has 0 fully saturated rings. The quantitative estimate of drug-likeness (QED) is 0.478. The van der Waals surface area contributed by atoms with Crippen LogP contribution in [0.1, 0.15) is 27.2 Å². The SMILES string of the molecule is COC(=O)C/C(C)=C\C=C(C)C. The van der Waals surface area contributed by atoms with E-state index in [1.807, 2.05) is 32.9 Å². The van der Waals surface area contributed by atoms with Crippen molar-refractivity contribution in [2.75, 3.05) is 7.11 Å². The number of rotatable bonds is 3. The first-order valence-corrected chi connectivity index (χ1v) is 3.93. The van der Waals surface area contributed by atoms with Crippen LogP contribution in [-0.4, -0.2) is 13.1 Å². The molecule has 0 spiro atoms. The van der Waals surface area contributed by atoms with Crippen LogP contribution in [0, 0.1) is 0 Å². The second-order valence-corrected chi connectivity index (χ2v) is 3.01. The molecule has 0 heterocycles. The molecule has 0 saturated heterocycles. The van der Waals surface area contributed by atoms with Crippen LogP contribution in [-0.2, 0) is 9.53 Å². The largest absolute Gasteiger partial charge is 0.469 e. The number of carbonyl (C=O) groups is 1. The van der Waals surface area contributed by atoms with Crippen molar-refractivity contribution in [3.63, 3.8) is 0 Å². The Labute approximate surface area is 73.9 Å². The highest BCUT2D eigenvalue weighted by molar-refractivity contribution is 5.72. The molecule has 68 valence electrons. The Morgan fingerprint density at radius 2 is 1.83 bits per heavy atom. The molecule has 0 amide bonds. The van der Waals surface area contributed by atoms with E-state index in [0.717, 1.165) is 5.57 Å². The summed E-state index contributed by atoms with van der Waals surface area (Å²) in [6.07, 6.45) is 4.30. The molecule has 2 nitrogen and oxygen atoms in total. The molecule has 0 unspecified atom stereocenters. The standard InChI is InChI=1S/C10H16O2/c1-8(2)5-6-9(3)7-10(11)12-4/h5-6H,7H2,1-4H3/b9-6-. The summed E-state index contributed by atoms with van der Waals surface area (Å²) >= 11 is 0. The van der Waals surface area contributed by atoms with Crippen molar-refractivity contribution in [1.82, 2.24) is 0 Å². The van der Waals surface area contributed by atoms with Crippen LogP contribution in [0.4, 0.5) is 0 Å². The van der Waals surface area contributed by atoms with E-state index < -0.39 is 0 Å². The zero-order valence-electron chi connectivity index (χ0n) is 8.18. The average Bonchev–Trinajstić information content (AvgIpc) is 2.00. The summed E-state index contributed by atoms with van der Waals surface area (Å²) in [4.78, 5) is 10.8. The van der Waals surface area contributed by atoms with E-state index in [2.05, 4.69) is 4.74 Å². The maximum atomic E-state index is 10.8. The molecule has 0 aliphatic carbocycles. The lowest BCUT2D eigenvalue weighted by Crippen LogP contribution is -1.99. The minimum absolute atomic E-state index is 0.189. The molecule has 0 radical (unpaired) electrons. The molecule has 0 atom stereocenters. The Kier molecular flexibility index (Phi) is 5.09. The van der Waals surface area contributed by atoms with Gasteiger partial charge in [0.25, 0.3) is 0 Å². The maximum absolute atomic E-state index is 10.8. The van der Waals surface area contributed by atoms with Gasteiger partial charge in [-0.2, -0.15) is 0 Å². The zero-order chi connectivity index (χ0) is 9.56. The highest BCUT2D eigenvalue weighted by Gasteiger charge is 1.99. The van der Waals surface area contributed by atoms with Crippen molar-refractivity contribution in [1.29, 1.82) is 0 Å². The van der Waals surface area contributed by atoms with Crippen LogP contribution < -0.4 is 0 Å². The summed E-state index contributed by atoms with van der Waals surface area (Å²) in [5.41, 5.74) is 2.24. The van der Waals surface area contributed by atoms with E-state index in [1.165, 1.54) is 12.7 Å². The number of esters is 1. The van der Waals surface area contributed by atoms with Crippen molar-refractivity contribution in [2.24, 2.45) is 0 Å². The van der Waals surface area contributed by atoms with Crippen LogP contribution in [0.5, 0.6) is 0 Å². The lowest BCUT2D eigenvalue weighted by Gasteiger charge is -1.97. The second kappa shape index (κ2) is 5.58. The number of hydrogen-bond acceptors (Lipinski definition) is 2. The summed E-state index contributed by atoms with van der Waals surface area (Å²) in [7, 11) is 1.40. The third-order valence-corrected chi connectivity index (χ3v) is 1.35. The number of hydrogen-bond donors (Lipinski definition) is 0. The normalized spacial score (nSPS) is 10.8. The molecule has 0 aliphatic rings. The minimum atomic E-state index is -0.189. The highest BCUT2D eigenvalue weighted by atomic mass is 16.5. The molecule has 0 aromatic heterocycles. The second-order valence-electron chi connectivity index (χ2n) is 3.01. The predicted octanol–water partition coefficient (Wildman–Crippen LogP) is 2.46. The van der Waals surface area contributed by atoms with Crippen LogP contribution >= 0.6 is 0 Å². The van der Waals surface area contributed by atoms with Gasteiger partial charge in [-0.05, 0) is 20.8 Å². The fraction of sp³-hybridized carbons (Fsp3) is 0.500. The van der Waals surface area contributed by atoms with Crippen LogP contribution in [0.25, 0.3) is 0 Å². The van der Waals surface area contributed by atoms with Gasteiger partial charge in [-0.15, -0.1) is 0 Å². The first-order valence-electron chi connectivity index (χ1n) is 3.93. The van der Waals surface area contributed by atoms with Crippen molar-refractivity contribution in [2.45, 2.75) is 27.2 Å². The van der Waals surface area contributed by atoms with Gasteiger partial charge in [0.2, 0.25) is 0 Å². The van der Waals surface area contributed by atoms with Crippen molar-refractivity contribution in [3.05, 3.63) is 23.3 Å². The predicted molar refractivity (Wildman–Crippen MR) is 49.8 cm³/mol. The Balaban J connectivity index is 4.03. The molecule has 0 aromatic rings. The fourth-order valence-corrected chi connectivity index (χ4v) is 0.668. The molecule has 0 aromatic carbocycles. The molecule has 2 heteroatoms. The number of ether oxygens (including phenoxy) is 1. The Hall–Kier alpha value is -1.05. The number of allylic oxidation sites excluding steroid dienone is 3. The van der Waals surface area contributed by atoms with Crippen LogP contribution in [0.3, 0.4) is 0 Å². The van der Waals surface area contributed by atoms with Crippen LogP contribution in [0.2, 0.25) is 0 Å². The van der Waals surface area contributed by atoms with Crippen molar-refractivity contribution < 1.29 is 9.53 Å². The van der Waals surface area contributed by atoms with E-state index >= 15 is 0 Å². The highest BCUT2D eigenvalue weighted by Crippen LogP contribution is 2.02. The van der Waals surface area contributed by atoms with E-state index in [1.54, 1.807) is 0 Å². The van der Waals surface area contributed by atoms with Gasteiger partial charge in [-0.25, -0.2) is 0 Å². The molecule has 0 rings (SSSR count). The van der Waals surface area contributed by atoms with Gasteiger partial charge in [-0.3, -0.25) is 4.79 Å². The van der Waals surface area contributed by atoms with E-state index in [-0.39, 0.29) is 5.97 Å². The van der Waals surface area contributed by atoms with Crippen LogP contribution in [0.15, 0.2) is 23.3 Å². The maximum Gasteiger partial charge on any atom is 0.309 e. The summed E-state index contributed by atoms with van der Waals surface area (Å²) in [5.74, 6) is -0.189. The third kappa shape index (κ3) is 5.71. The average molecular weight is 168 g/mol. The van der Waals surface area contributed by atoms with Gasteiger partial charge in [0.1, 0.15) is 0 Å². The summed E-state index contributed by atoms with van der Waals surface area (Å²) in [6, 6.07) is 0. The Bertz CT molecular complexity index is 208. The Morgan fingerprint density at radius 3 is 2.25 bits per heavy atom. The van der Waals surface area contributed by atoms with Gasteiger partial charge in [0.15, 0.2) is 0 Å². The molecule has 0 saturated carbocycles. The van der Waals surface area contributed by atoms with Gasteiger partial charge < -0.3 is 4.74 Å². The lowest BCUT2D eigenvalue weighted by atomic mass is 10.2. The smallest absolute Gasteiger partial charge is 0.309 e. The van der Waals surface area contributed by atoms with Crippen molar-refractivity contribution >= 4 is 5.97 Å². The monoisotopic (exact) mass is 168 g/mol. The molecule has 0 bridgehead atoms. The molecule has 0 N–H and O–H groups in total. The number of carbonyl (C=O) groups excluding carboxylic acids is 1. The fourth-order valence-electron chi connectivity index (χ4n) is 0.668. The summed E-state index contributed by atoms with van der Waals surface area (Å²) < 4.78 is 4.53. The van der Waals surface area contributed by atoms with Gasteiger partial charge in [0.05, 0.1) is 13.5 Å². The van der Waals surface area contributed by atoms with E-state index in [4.69, 9.17) is 0 Å². The lowest BCUT2D eigenvalue weighted by molar-refractivity contribution is -0.139. The van der Waals surface area contributed by atoms with E-state index in [9.17, 15) is 4.79 Å². The first-order chi connectivity index (χ1) is 5.56. The van der Waals surface area contributed by atoms with Gasteiger partial charge >= 0.3 is 5.97 Å².